The van der Waals surface area contributed by atoms with Crippen molar-refractivity contribution in [1.82, 2.24) is 14.7 Å². The lowest BCUT2D eigenvalue weighted by Crippen LogP contribution is -2.64. The van der Waals surface area contributed by atoms with E-state index in [9.17, 15) is 22.8 Å². The highest BCUT2D eigenvalue weighted by atomic mass is 19.4. The number of carbonyl (C=O) groups is 2. The Balaban J connectivity index is 1.51. The lowest BCUT2D eigenvalue weighted by molar-refractivity contribution is -0.135. The van der Waals surface area contributed by atoms with Gasteiger partial charge in [-0.25, -0.2) is 0 Å². The van der Waals surface area contributed by atoms with Crippen molar-refractivity contribution in [2.24, 2.45) is 0 Å². The van der Waals surface area contributed by atoms with Gasteiger partial charge in [-0.1, -0.05) is 6.58 Å². The van der Waals surface area contributed by atoms with Crippen molar-refractivity contribution in [3.05, 3.63) is 35.9 Å². The number of nitrogens with one attached hydrogen (secondary N) is 1. The first kappa shape index (κ1) is 23.9. The Morgan fingerprint density at radius 2 is 1.84 bits per heavy atom. The van der Waals surface area contributed by atoms with Gasteiger partial charge in [0.1, 0.15) is 5.75 Å². The Hall–Kier alpha value is -2.75. The molecule has 10 heteroatoms. The summed E-state index contributed by atoms with van der Waals surface area (Å²) in [6.45, 7) is 8.98. The normalized spacial score (nSPS) is 17.7. The van der Waals surface area contributed by atoms with E-state index in [4.69, 9.17) is 4.74 Å². The molecule has 32 heavy (non-hydrogen) atoms. The highest BCUT2D eigenvalue weighted by molar-refractivity contribution is 5.87. The summed E-state index contributed by atoms with van der Waals surface area (Å²) in [5.41, 5.74) is 0.994. The Morgan fingerprint density at radius 3 is 2.41 bits per heavy atom. The minimum Gasteiger partial charge on any atom is -0.495 e. The largest absolute Gasteiger partial charge is 0.495 e. The maximum Gasteiger partial charge on any atom is 0.393 e. The minimum absolute atomic E-state index is 0.0318. The molecule has 1 N–H and O–H groups in total. The third-order valence-electron chi connectivity index (χ3n) is 6.01. The summed E-state index contributed by atoms with van der Waals surface area (Å²) >= 11 is 0. The number of benzene rings is 1. The van der Waals surface area contributed by atoms with Gasteiger partial charge in [-0.3, -0.25) is 14.5 Å². The molecule has 0 saturated carbocycles. The average Bonchev–Trinajstić information content (AvgIpc) is 2.71. The molecule has 2 aliphatic heterocycles. The molecule has 0 aliphatic carbocycles. The topological polar surface area (TPSA) is 65.1 Å². The Morgan fingerprint density at radius 1 is 1.19 bits per heavy atom. The Bertz CT molecular complexity index is 861. The van der Waals surface area contributed by atoms with Gasteiger partial charge in [0.15, 0.2) is 0 Å². The van der Waals surface area contributed by atoms with Crippen LogP contribution in [0.1, 0.15) is 11.1 Å². The molecule has 2 fully saturated rings. The summed E-state index contributed by atoms with van der Waals surface area (Å²) in [4.78, 5) is 30.0. The molecule has 2 heterocycles. The zero-order valence-corrected chi connectivity index (χ0v) is 18.4. The van der Waals surface area contributed by atoms with Gasteiger partial charge in [-0.15, -0.1) is 0 Å². The molecular formula is C22H29F3N4O3. The number of piperazine rings is 1. The van der Waals surface area contributed by atoms with Crippen molar-refractivity contribution in [1.29, 1.82) is 0 Å². The number of ether oxygens (including phenoxy) is 1. The van der Waals surface area contributed by atoms with Crippen LogP contribution < -0.4 is 10.1 Å². The van der Waals surface area contributed by atoms with Crippen molar-refractivity contribution < 1.29 is 27.5 Å². The van der Waals surface area contributed by atoms with Crippen molar-refractivity contribution in [2.75, 3.05) is 58.2 Å². The number of rotatable bonds is 7. The molecule has 0 unspecified atom stereocenters. The van der Waals surface area contributed by atoms with E-state index in [1.165, 1.54) is 19.3 Å². The maximum atomic E-state index is 12.8. The molecule has 2 amide bonds. The predicted molar refractivity (Wildman–Crippen MR) is 115 cm³/mol. The highest BCUT2D eigenvalue weighted by Gasteiger charge is 2.35. The third-order valence-corrected chi connectivity index (χ3v) is 6.01. The summed E-state index contributed by atoms with van der Waals surface area (Å²) in [5, 5.41) is 2.94. The van der Waals surface area contributed by atoms with Crippen molar-refractivity contribution >= 4 is 17.5 Å². The number of likely N-dealkylation sites (tertiary alicyclic amines) is 1. The van der Waals surface area contributed by atoms with Crippen LogP contribution in [0, 0.1) is 6.92 Å². The first-order valence-corrected chi connectivity index (χ1v) is 10.5. The standard InChI is InChI=1S/C22H29F3N4O3/c1-4-20(30)29-13-17(14-29)27-5-7-28(8-6-27)21(31)12-26-18-10-16(11-22(23,24)25)15(2)9-19(18)32-3/h4,9-10,17,26H,1,5-8,11-14H2,2-3H3. The van der Waals surface area contributed by atoms with Crippen LogP contribution in [0.15, 0.2) is 24.8 Å². The second kappa shape index (κ2) is 9.81. The number of nitrogens with zero attached hydrogens (tertiary/aromatic N) is 3. The van der Waals surface area contributed by atoms with E-state index < -0.39 is 12.6 Å². The fourth-order valence-electron chi connectivity index (χ4n) is 4.05. The maximum absolute atomic E-state index is 12.8. The van der Waals surface area contributed by atoms with Gasteiger partial charge < -0.3 is 19.9 Å². The average molecular weight is 454 g/mol. The smallest absolute Gasteiger partial charge is 0.393 e. The molecule has 7 nitrogen and oxygen atoms in total. The lowest BCUT2D eigenvalue weighted by Gasteiger charge is -2.47. The molecule has 2 saturated heterocycles. The first-order valence-electron chi connectivity index (χ1n) is 10.5. The van der Waals surface area contributed by atoms with Gasteiger partial charge in [-0.2, -0.15) is 13.2 Å². The van der Waals surface area contributed by atoms with Gasteiger partial charge in [0.05, 0.1) is 25.8 Å². The van der Waals surface area contributed by atoms with Gasteiger partial charge >= 0.3 is 6.18 Å². The quantitative estimate of drug-likeness (QED) is 0.639. The van der Waals surface area contributed by atoms with Crippen molar-refractivity contribution in [3.63, 3.8) is 0 Å². The molecule has 3 rings (SSSR count). The van der Waals surface area contributed by atoms with E-state index in [0.717, 1.165) is 13.1 Å². The molecule has 176 valence electrons. The van der Waals surface area contributed by atoms with Crippen LogP contribution in [0.2, 0.25) is 0 Å². The Kier molecular flexibility index (Phi) is 7.33. The summed E-state index contributed by atoms with van der Waals surface area (Å²) in [5.74, 6) is 0.211. The lowest BCUT2D eigenvalue weighted by atomic mass is 10.0. The minimum atomic E-state index is -4.32. The van der Waals surface area contributed by atoms with E-state index in [1.54, 1.807) is 22.8 Å². The number of alkyl halides is 3. The first-order chi connectivity index (χ1) is 15.1. The summed E-state index contributed by atoms with van der Waals surface area (Å²) in [7, 11) is 1.44. The molecule has 1 aromatic carbocycles. The van der Waals surface area contributed by atoms with Crippen molar-refractivity contribution in [2.45, 2.75) is 25.6 Å². The second-order valence-electron chi connectivity index (χ2n) is 8.14. The predicted octanol–water partition coefficient (Wildman–Crippen LogP) is 2.06. The number of methoxy groups -OCH3 is 1. The molecule has 0 bridgehead atoms. The van der Waals surface area contributed by atoms with Gasteiger partial charge in [0, 0.05) is 45.3 Å². The number of amides is 2. The fourth-order valence-corrected chi connectivity index (χ4v) is 4.05. The van der Waals surface area contributed by atoms with Crippen LogP contribution in [0.5, 0.6) is 5.75 Å². The van der Waals surface area contributed by atoms with Gasteiger partial charge in [0.25, 0.3) is 0 Å². The molecule has 0 atom stereocenters. The van der Waals surface area contributed by atoms with E-state index in [0.29, 0.717) is 49.2 Å². The fraction of sp³-hybridized carbons (Fsp3) is 0.545. The van der Waals surface area contributed by atoms with E-state index in [-0.39, 0.29) is 23.9 Å². The van der Waals surface area contributed by atoms with Crippen LogP contribution in [-0.4, -0.2) is 91.7 Å². The SMILES string of the molecule is C=CC(=O)N1CC(N2CCN(C(=O)CNc3cc(CC(F)(F)F)c(C)cc3OC)CC2)C1. The van der Waals surface area contributed by atoms with Gasteiger partial charge in [0.2, 0.25) is 11.8 Å². The number of anilines is 1. The highest BCUT2D eigenvalue weighted by Crippen LogP contribution is 2.32. The molecule has 0 radical (unpaired) electrons. The van der Waals surface area contributed by atoms with Crippen LogP contribution >= 0.6 is 0 Å². The number of aryl methyl sites for hydroxylation is 1. The Labute approximate surface area is 185 Å². The number of carbonyl (C=O) groups excluding carboxylic acids is 2. The summed E-state index contributed by atoms with van der Waals surface area (Å²) < 4.78 is 43.8. The number of halogens is 3. The van der Waals surface area contributed by atoms with Crippen LogP contribution in [0.4, 0.5) is 18.9 Å². The number of hydrogen-bond acceptors (Lipinski definition) is 5. The van der Waals surface area contributed by atoms with E-state index in [1.807, 2.05) is 0 Å². The molecular weight excluding hydrogens is 425 g/mol. The van der Waals surface area contributed by atoms with E-state index in [2.05, 4.69) is 16.8 Å². The molecule has 0 spiro atoms. The summed E-state index contributed by atoms with van der Waals surface area (Å²) in [6.07, 6.45) is -4.04. The zero-order chi connectivity index (χ0) is 23.5. The van der Waals surface area contributed by atoms with Crippen LogP contribution in [-0.2, 0) is 16.0 Å². The number of hydrogen-bond donors (Lipinski definition) is 1. The zero-order valence-electron chi connectivity index (χ0n) is 18.4. The molecule has 2 aliphatic rings. The molecule has 1 aromatic rings. The van der Waals surface area contributed by atoms with Crippen molar-refractivity contribution in [3.8, 4) is 5.75 Å². The third kappa shape index (κ3) is 5.73. The van der Waals surface area contributed by atoms with Gasteiger partial charge in [-0.05, 0) is 36.3 Å². The van der Waals surface area contributed by atoms with Crippen LogP contribution in [0.25, 0.3) is 0 Å². The summed E-state index contributed by atoms with van der Waals surface area (Å²) in [6, 6.07) is 3.25. The molecule has 0 aromatic heterocycles. The van der Waals surface area contributed by atoms with E-state index >= 15 is 0 Å². The monoisotopic (exact) mass is 454 g/mol. The second-order valence-corrected chi connectivity index (χ2v) is 8.14. The van der Waals surface area contributed by atoms with Crippen LogP contribution in [0.3, 0.4) is 0 Å².